The van der Waals surface area contributed by atoms with Crippen LogP contribution in [0.3, 0.4) is 0 Å². The second kappa shape index (κ2) is 9.67. The number of ether oxygens (including phenoxy) is 2. The first-order valence-electron chi connectivity index (χ1n) is 12.1. The smallest absolute Gasteiger partial charge is 0.407 e. The number of carbonyl (C=O) groups is 3. The Morgan fingerprint density at radius 2 is 1.95 bits per heavy atom. The van der Waals surface area contributed by atoms with Gasteiger partial charge in [-0.25, -0.2) is 18.6 Å². The van der Waals surface area contributed by atoms with Crippen molar-refractivity contribution in [3.05, 3.63) is 53.4 Å². The molecule has 2 fully saturated rings. The monoisotopic (exact) mass is 528 g/mol. The van der Waals surface area contributed by atoms with Crippen molar-refractivity contribution in [1.29, 1.82) is 0 Å². The molecule has 0 spiro atoms. The molecule has 200 valence electrons. The van der Waals surface area contributed by atoms with E-state index in [9.17, 15) is 19.5 Å². The zero-order chi connectivity index (χ0) is 27.2. The summed E-state index contributed by atoms with van der Waals surface area (Å²) >= 11 is 0. The van der Waals surface area contributed by atoms with Gasteiger partial charge in [0.2, 0.25) is 5.91 Å². The molecular formula is C26H26F2N4O6. The largest absolute Gasteiger partial charge is 0.468 e. The molecular weight excluding hydrogens is 502 g/mol. The van der Waals surface area contributed by atoms with Crippen molar-refractivity contribution in [3.8, 4) is 11.3 Å². The van der Waals surface area contributed by atoms with Gasteiger partial charge in [0.05, 0.1) is 43.3 Å². The summed E-state index contributed by atoms with van der Waals surface area (Å²) in [7, 11) is 1.18. The lowest BCUT2D eigenvalue weighted by Crippen LogP contribution is -2.45. The average molecular weight is 529 g/mol. The number of carbonyl (C=O) groups excluding carboxylic acids is 2. The molecule has 1 unspecified atom stereocenters. The highest BCUT2D eigenvalue weighted by Gasteiger charge is 2.57. The Morgan fingerprint density at radius 3 is 2.58 bits per heavy atom. The number of amides is 2. The summed E-state index contributed by atoms with van der Waals surface area (Å²) in [5, 5.41) is 11.8. The van der Waals surface area contributed by atoms with Crippen molar-refractivity contribution in [2.24, 2.45) is 5.41 Å². The van der Waals surface area contributed by atoms with E-state index >= 15 is 8.78 Å². The average Bonchev–Trinajstić information content (AvgIpc) is 3.62. The van der Waals surface area contributed by atoms with Crippen LogP contribution in [0.4, 0.5) is 19.3 Å². The maximum absolute atomic E-state index is 15.5. The molecule has 2 aliphatic rings. The molecule has 5 rings (SSSR count). The van der Waals surface area contributed by atoms with Gasteiger partial charge in [0.1, 0.15) is 22.7 Å². The van der Waals surface area contributed by atoms with Gasteiger partial charge in [-0.1, -0.05) is 0 Å². The summed E-state index contributed by atoms with van der Waals surface area (Å²) in [5.74, 6) is -3.29. The number of fused-ring (bicyclic) bond motifs is 1. The summed E-state index contributed by atoms with van der Waals surface area (Å²) < 4.78 is 43.1. The van der Waals surface area contributed by atoms with Crippen molar-refractivity contribution >= 4 is 29.3 Å². The molecule has 0 radical (unpaired) electrons. The van der Waals surface area contributed by atoms with Crippen LogP contribution >= 0.6 is 0 Å². The van der Waals surface area contributed by atoms with E-state index in [4.69, 9.17) is 4.74 Å². The highest BCUT2D eigenvalue weighted by molar-refractivity contribution is 6.11. The number of pyridine rings is 1. The van der Waals surface area contributed by atoms with Gasteiger partial charge < -0.3 is 29.2 Å². The third kappa shape index (κ3) is 4.55. The lowest BCUT2D eigenvalue weighted by atomic mass is 10.0. The molecule has 38 heavy (non-hydrogen) atoms. The number of benzene rings is 1. The van der Waals surface area contributed by atoms with E-state index in [1.165, 1.54) is 12.0 Å². The fourth-order valence-electron chi connectivity index (χ4n) is 4.79. The van der Waals surface area contributed by atoms with Crippen LogP contribution in [0.5, 0.6) is 0 Å². The van der Waals surface area contributed by atoms with Gasteiger partial charge in [0.25, 0.3) is 0 Å². The van der Waals surface area contributed by atoms with Crippen LogP contribution in [0.25, 0.3) is 16.9 Å². The maximum atomic E-state index is 15.5. The highest BCUT2D eigenvalue weighted by Crippen LogP contribution is 2.47. The van der Waals surface area contributed by atoms with Gasteiger partial charge in [-0.15, -0.1) is 0 Å². The van der Waals surface area contributed by atoms with Crippen LogP contribution in [0.15, 0.2) is 30.5 Å². The molecule has 0 bridgehead atoms. The first-order chi connectivity index (χ1) is 18.1. The van der Waals surface area contributed by atoms with Crippen molar-refractivity contribution in [3.63, 3.8) is 0 Å². The van der Waals surface area contributed by atoms with Gasteiger partial charge in [0.15, 0.2) is 0 Å². The number of hydrogen-bond donors (Lipinski definition) is 2. The van der Waals surface area contributed by atoms with Crippen molar-refractivity contribution in [1.82, 2.24) is 14.3 Å². The zero-order valence-electron chi connectivity index (χ0n) is 20.8. The molecule has 3 heterocycles. The topological polar surface area (TPSA) is 122 Å². The molecule has 1 saturated carbocycles. The Hall–Kier alpha value is -4.06. The van der Waals surface area contributed by atoms with E-state index in [-0.39, 0.29) is 43.1 Å². The lowest BCUT2D eigenvalue weighted by molar-refractivity contribution is -0.150. The van der Waals surface area contributed by atoms with E-state index in [1.807, 2.05) is 13.0 Å². The summed E-state index contributed by atoms with van der Waals surface area (Å²) in [6.45, 7) is 2.40. The second-order valence-electron chi connectivity index (χ2n) is 9.61. The van der Waals surface area contributed by atoms with E-state index in [2.05, 4.69) is 15.0 Å². The van der Waals surface area contributed by atoms with E-state index in [1.54, 1.807) is 16.7 Å². The van der Waals surface area contributed by atoms with Crippen LogP contribution in [0, 0.1) is 24.0 Å². The van der Waals surface area contributed by atoms with Gasteiger partial charge in [-0.05, 0) is 49.6 Å². The van der Waals surface area contributed by atoms with Crippen molar-refractivity contribution in [2.45, 2.75) is 32.3 Å². The Balaban J connectivity index is 1.50. The zero-order valence-corrected chi connectivity index (χ0v) is 20.8. The Morgan fingerprint density at radius 1 is 1.24 bits per heavy atom. The number of halogens is 2. The number of imidazole rings is 1. The molecule has 1 atom stereocenters. The van der Waals surface area contributed by atoms with Crippen molar-refractivity contribution in [2.75, 3.05) is 32.1 Å². The van der Waals surface area contributed by atoms with E-state index in [0.717, 1.165) is 17.7 Å². The van der Waals surface area contributed by atoms with Crippen LogP contribution in [0.1, 0.15) is 24.1 Å². The van der Waals surface area contributed by atoms with Gasteiger partial charge in [0, 0.05) is 24.8 Å². The molecule has 1 saturated heterocycles. The number of carboxylic acid groups (broad SMARTS) is 1. The van der Waals surface area contributed by atoms with Gasteiger partial charge >= 0.3 is 12.1 Å². The fourth-order valence-corrected chi connectivity index (χ4v) is 4.79. The molecule has 3 aromatic rings. The molecule has 1 aliphatic heterocycles. The summed E-state index contributed by atoms with van der Waals surface area (Å²) in [4.78, 5) is 41.8. The number of aryl methyl sites for hydroxylation is 1. The second-order valence-corrected chi connectivity index (χ2v) is 9.61. The minimum Gasteiger partial charge on any atom is -0.468 e. The van der Waals surface area contributed by atoms with E-state index in [0.29, 0.717) is 24.2 Å². The Kier molecular flexibility index (Phi) is 6.51. The SMILES string of the molecule is COC(=O)C1(C(=O)Nc2cc(F)c(-c3nc4cc(C)ccn4c3CC3CN(C(=O)O)CCO3)c(F)c2)CC1. The third-order valence-electron chi connectivity index (χ3n) is 7.01. The Labute approximate surface area is 216 Å². The normalized spacial score (nSPS) is 18.3. The first kappa shape index (κ1) is 25.6. The third-order valence-corrected chi connectivity index (χ3v) is 7.01. The summed E-state index contributed by atoms with van der Waals surface area (Å²) in [6.07, 6.45) is 0.866. The van der Waals surface area contributed by atoms with Gasteiger partial charge in [-0.3, -0.25) is 9.59 Å². The number of esters is 1. The van der Waals surface area contributed by atoms with Crippen LogP contribution < -0.4 is 5.32 Å². The minimum atomic E-state index is -1.34. The predicted octanol–water partition coefficient (Wildman–Crippen LogP) is 3.40. The molecule has 2 aromatic heterocycles. The molecule has 1 aromatic carbocycles. The number of nitrogens with zero attached hydrogens (tertiary/aromatic N) is 3. The lowest BCUT2D eigenvalue weighted by Gasteiger charge is -2.31. The Bertz CT molecular complexity index is 1430. The maximum Gasteiger partial charge on any atom is 0.407 e. The van der Waals surface area contributed by atoms with Crippen LogP contribution in [-0.4, -0.2) is 70.3 Å². The molecule has 12 heteroatoms. The first-order valence-corrected chi connectivity index (χ1v) is 12.1. The summed E-state index contributed by atoms with van der Waals surface area (Å²) in [5.41, 5.74) is -0.00743. The summed E-state index contributed by atoms with van der Waals surface area (Å²) in [6, 6.07) is 5.55. The minimum absolute atomic E-state index is 0.0488. The number of aromatic nitrogens is 2. The molecule has 2 amide bonds. The fraction of sp³-hybridized carbons (Fsp3) is 0.385. The number of hydrogen-bond acceptors (Lipinski definition) is 6. The van der Waals surface area contributed by atoms with Gasteiger partial charge in [-0.2, -0.15) is 0 Å². The standard InChI is InChI=1S/C26H26F2N4O6/c1-14-3-6-32-19(12-16-13-31(25(35)36)7-8-38-16)22(30-20(32)9-14)21-17(27)10-15(11-18(21)28)29-23(33)26(4-5-26)24(34)37-2/h3,6,9-11,16H,4-5,7-8,12-13H2,1-2H3,(H,29,33)(H,35,36). The molecule has 1 aliphatic carbocycles. The number of morpholine rings is 1. The number of rotatable bonds is 6. The number of anilines is 1. The molecule has 2 N–H and O–H groups in total. The quantitative estimate of drug-likeness (QED) is 0.371. The van der Waals surface area contributed by atoms with E-state index < -0.39 is 41.1 Å². The molecule has 10 nitrogen and oxygen atoms in total. The van der Waals surface area contributed by atoms with Crippen molar-refractivity contribution < 1.29 is 37.7 Å². The van der Waals surface area contributed by atoms with Crippen LogP contribution in [0.2, 0.25) is 0 Å². The van der Waals surface area contributed by atoms with Crippen LogP contribution in [-0.2, 0) is 25.5 Å². The predicted molar refractivity (Wildman–Crippen MR) is 131 cm³/mol. The highest BCUT2D eigenvalue weighted by atomic mass is 19.1. The number of methoxy groups -OCH3 is 1. The number of nitrogens with one attached hydrogen (secondary N) is 1.